The Hall–Kier alpha value is -1.60. The molecule has 3 nitrogen and oxygen atoms in total. The Morgan fingerprint density at radius 3 is 2.75 bits per heavy atom. The van der Waals surface area contributed by atoms with Gasteiger partial charge >= 0.3 is 0 Å². The largest absolute Gasteiger partial charge is 0.443 e. The van der Waals surface area contributed by atoms with Crippen molar-refractivity contribution >= 4 is 15.9 Å². The van der Waals surface area contributed by atoms with E-state index in [9.17, 15) is 0 Å². The van der Waals surface area contributed by atoms with Gasteiger partial charge in [0.25, 0.3) is 0 Å². The standard InChI is InChI=1S/C12H9BrN2O/c13-10-3-6-12(15-8-10)16-11-4-1-9(7-14)2-5-11/h1,3-4,6,8H,2,5H2. The third kappa shape index (κ3) is 2.71. The van der Waals surface area contributed by atoms with E-state index in [1.54, 1.807) is 18.3 Å². The molecular formula is C12H9BrN2O. The Morgan fingerprint density at radius 1 is 1.31 bits per heavy atom. The van der Waals surface area contributed by atoms with Gasteiger partial charge in [-0.15, -0.1) is 0 Å². The smallest absolute Gasteiger partial charge is 0.218 e. The van der Waals surface area contributed by atoms with Crippen molar-refractivity contribution in [1.82, 2.24) is 4.98 Å². The molecule has 16 heavy (non-hydrogen) atoms. The molecule has 1 aliphatic carbocycles. The summed E-state index contributed by atoms with van der Waals surface area (Å²) in [5.41, 5.74) is 0.788. The molecule has 4 heteroatoms. The van der Waals surface area contributed by atoms with E-state index in [4.69, 9.17) is 10.00 Å². The number of rotatable bonds is 2. The van der Waals surface area contributed by atoms with Crippen molar-refractivity contribution in [2.24, 2.45) is 0 Å². The average Bonchev–Trinajstić information content (AvgIpc) is 2.33. The molecule has 0 unspecified atom stereocenters. The summed E-state index contributed by atoms with van der Waals surface area (Å²) in [7, 11) is 0. The summed E-state index contributed by atoms with van der Waals surface area (Å²) in [5.74, 6) is 1.41. The minimum Gasteiger partial charge on any atom is -0.443 e. The second kappa shape index (κ2) is 4.95. The van der Waals surface area contributed by atoms with Crippen LogP contribution in [0.5, 0.6) is 5.88 Å². The van der Waals surface area contributed by atoms with Crippen LogP contribution in [0.1, 0.15) is 12.8 Å². The highest BCUT2D eigenvalue weighted by Gasteiger charge is 2.08. The molecule has 1 aliphatic rings. The van der Waals surface area contributed by atoms with Gasteiger partial charge in [-0.3, -0.25) is 0 Å². The van der Waals surface area contributed by atoms with Crippen molar-refractivity contribution < 1.29 is 4.74 Å². The van der Waals surface area contributed by atoms with E-state index in [-0.39, 0.29) is 0 Å². The fourth-order valence-electron chi connectivity index (χ4n) is 1.35. The van der Waals surface area contributed by atoms with Gasteiger partial charge in [0.1, 0.15) is 5.76 Å². The molecule has 0 fully saturated rings. The Kier molecular flexibility index (Phi) is 3.37. The highest BCUT2D eigenvalue weighted by molar-refractivity contribution is 9.10. The molecule has 0 aromatic carbocycles. The number of hydrogen-bond acceptors (Lipinski definition) is 3. The molecule has 0 radical (unpaired) electrons. The Balaban J connectivity index is 2.07. The van der Waals surface area contributed by atoms with Crippen LogP contribution < -0.4 is 4.74 Å². The van der Waals surface area contributed by atoms with E-state index in [1.165, 1.54) is 0 Å². The normalized spacial score (nSPS) is 14.8. The predicted octanol–water partition coefficient (Wildman–Crippen LogP) is 3.35. The van der Waals surface area contributed by atoms with Crippen LogP contribution >= 0.6 is 15.9 Å². The van der Waals surface area contributed by atoms with Gasteiger partial charge < -0.3 is 4.74 Å². The van der Waals surface area contributed by atoms with E-state index in [0.29, 0.717) is 5.88 Å². The summed E-state index contributed by atoms with van der Waals surface area (Å²) >= 11 is 3.31. The molecule has 1 aromatic rings. The number of hydrogen-bond donors (Lipinski definition) is 0. The molecule has 0 spiro atoms. The first-order valence-corrected chi connectivity index (χ1v) is 5.66. The zero-order chi connectivity index (χ0) is 11.4. The van der Waals surface area contributed by atoms with Gasteiger partial charge in [0.2, 0.25) is 5.88 Å². The minimum absolute atomic E-state index is 0.572. The second-order valence-corrected chi connectivity index (χ2v) is 4.27. The van der Waals surface area contributed by atoms with E-state index < -0.39 is 0 Å². The summed E-state index contributed by atoms with van der Waals surface area (Å²) in [6.07, 6.45) is 6.79. The third-order valence-electron chi connectivity index (χ3n) is 2.19. The number of aromatic nitrogens is 1. The number of nitriles is 1. The van der Waals surface area contributed by atoms with Crippen LogP contribution in [0, 0.1) is 11.3 Å². The number of pyridine rings is 1. The zero-order valence-corrected chi connectivity index (χ0v) is 10.1. The number of nitrogens with zero attached hydrogens (tertiary/aromatic N) is 2. The fraction of sp³-hybridized carbons (Fsp3) is 0.167. The third-order valence-corrected chi connectivity index (χ3v) is 2.66. The van der Waals surface area contributed by atoms with Crippen molar-refractivity contribution in [2.75, 3.05) is 0 Å². The molecule has 0 aliphatic heterocycles. The lowest BCUT2D eigenvalue weighted by molar-refractivity contribution is 0.386. The average molecular weight is 277 g/mol. The quantitative estimate of drug-likeness (QED) is 0.832. The van der Waals surface area contributed by atoms with Gasteiger partial charge in [-0.2, -0.15) is 5.26 Å². The van der Waals surface area contributed by atoms with Crippen molar-refractivity contribution in [2.45, 2.75) is 12.8 Å². The Morgan fingerprint density at radius 2 is 2.19 bits per heavy atom. The monoisotopic (exact) mass is 276 g/mol. The van der Waals surface area contributed by atoms with Crippen LogP contribution in [0.4, 0.5) is 0 Å². The van der Waals surface area contributed by atoms with E-state index >= 15 is 0 Å². The van der Waals surface area contributed by atoms with Crippen molar-refractivity contribution in [1.29, 1.82) is 5.26 Å². The number of halogens is 1. The maximum absolute atomic E-state index is 8.69. The fourth-order valence-corrected chi connectivity index (χ4v) is 1.59. The van der Waals surface area contributed by atoms with Gasteiger partial charge in [0, 0.05) is 28.7 Å². The van der Waals surface area contributed by atoms with E-state index in [0.717, 1.165) is 28.6 Å². The summed E-state index contributed by atoms with van der Waals surface area (Å²) < 4.78 is 6.50. The van der Waals surface area contributed by atoms with Crippen LogP contribution in [0.15, 0.2) is 46.3 Å². The Bertz CT molecular complexity index is 483. The second-order valence-electron chi connectivity index (χ2n) is 3.35. The molecule has 80 valence electrons. The summed E-state index contributed by atoms with van der Waals surface area (Å²) in [5, 5.41) is 8.69. The first-order valence-electron chi connectivity index (χ1n) is 4.87. The molecule has 0 saturated carbocycles. The van der Waals surface area contributed by atoms with E-state index in [2.05, 4.69) is 27.0 Å². The zero-order valence-electron chi connectivity index (χ0n) is 8.48. The maximum Gasteiger partial charge on any atom is 0.218 e. The summed E-state index contributed by atoms with van der Waals surface area (Å²) in [4.78, 5) is 4.12. The molecule has 0 saturated heterocycles. The van der Waals surface area contributed by atoms with Gasteiger partial charge in [-0.1, -0.05) is 0 Å². The van der Waals surface area contributed by atoms with Crippen LogP contribution in [-0.2, 0) is 0 Å². The van der Waals surface area contributed by atoms with Gasteiger partial charge in [0.15, 0.2) is 0 Å². The SMILES string of the molecule is N#CC1=CC=C(Oc2ccc(Br)cn2)CC1. The molecule has 2 rings (SSSR count). The number of ether oxygens (including phenoxy) is 1. The van der Waals surface area contributed by atoms with Crippen LogP contribution in [0.25, 0.3) is 0 Å². The first-order chi connectivity index (χ1) is 7.78. The topological polar surface area (TPSA) is 45.9 Å². The maximum atomic E-state index is 8.69. The van der Waals surface area contributed by atoms with Gasteiger partial charge in [-0.25, -0.2) is 4.98 Å². The molecule has 0 atom stereocenters. The minimum atomic E-state index is 0.572. The predicted molar refractivity (Wildman–Crippen MR) is 63.6 cm³/mol. The highest BCUT2D eigenvalue weighted by atomic mass is 79.9. The lowest BCUT2D eigenvalue weighted by Crippen LogP contribution is -2.00. The Labute approximate surface area is 102 Å². The van der Waals surface area contributed by atoms with Crippen molar-refractivity contribution in [3.8, 4) is 11.9 Å². The van der Waals surface area contributed by atoms with Crippen LogP contribution in [0.2, 0.25) is 0 Å². The molecule has 0 amide bonds. The molecule has 1 heterocycles. The molecular weight excluding hydrogens is 268 g/mol. The van der Waals surface area contributed by atoms with E-state index in [1.807, 2.05) is 12.1 Å². The first kappa shape index (κ1) is 10.9. The number of allylic oxidation sites excluding steroid dienone is 4. The lowest BCUT2D eigenvalue weighted by atomic mass is 10.1. The lowest BCUT2D eigenvalue weighted by Gasteiger charge is -2.11. The van der Waals surface area contributed by atoms with Crippen LogP contribution in [0.3, 0.4) is 0 Å². The van der Waals surface area contributed by atoms with Crippen molar-refractivity contribution in [3.63, 3.8) is 0 Å². The van der Waals surface area contributed by atoms with Gasteiger partial charge in [-0.05, 0) is 40.6 Å². The van der Waals surface area contributed by atoms with Crippen molar-refractivity contribution in [3.05, 3.63) is 46.3 Å². The van der Waals surface area contributed by atoms with Gasteiger partial charge in [0.05, 0.1) is 6.07 Å². The molecule has 0 bridgehead atoms. The molecule has 1 aromatic heterocycles. The highest BCUT2D eigenvalue weighted by Crippen LogP contribution is 2.21. The van der Waals surface area contributed by atoms with Crippen LogP contribution in [-0.4, -0.2) is 4.98 Å². The molecule has 0 N–H and O–H groups in total. The summed E-state index contributed by atoms with van der Waals surface area (Å²) in [6.45, 7) is 0. The summed E-state index contributed by atoms with van der Waals surface area (Å²) in [6, 6.07) is 5.81.